The molecule has 4 aromatic rings. The zero-order valence-electron chi connectivity index (χ0n) is 16.4. The Balaban J connectivity index is 1.70. The smallest absolute Gasteiger partial charge is 0.255 e. The van der Waals surface area contributed by atoms with Gasteiger partial charge < -0.3 is 19.8 Å². The van der Waals surface area contributed by atoms with Gasteiger partial charge in [-0.15, -0.1) is 0 Å². The average Bonchev–Trinajstić information content (AvgIpc) is 3.18. The van der Waals surface area contributed by atoms with Crippen LogP contribution in [-0.4, -0.2) is 30.1 Å². The van der Waals surface area contributed by atoms with E-state index in [-0.39, 0.29) is 5.91 Å². The summed E-state index contributed by atoms with van der Waals surface area (Å²) in [5.74, 6) is 1.54. The highest BCUT2D eigenvalue weighted by Gasteiger charge is 2.15. The summed E-state index contributed by atoms with van der Waals surface area (Å²) >= 11 is 0. The zero-order chi connectivity index (χ0) is 20.4. The van der Waals surface area contributed by atoms with Gasteiger partial charge in [-0.05, 0) is 49.4 Å². The van der Waals surface area contributed by atoms with Crippen LogP contribution in [0.25, 0.3) is 22.4 Å². The summed E-state index contributed by atoms with van der Waals surface area (Å²) < 4.78 is 10.5. The van der Waals surface area contributed by atoms with Crippen LogP contribution in [0.2, 0.25) is 0 Å². The van der Waals surface area contributed by atoms with Crippen molar-refractivity contribution in [3.05, 3.63) is 71.8 Å². The molecule has 4 rings (SSSR count). The minimum atomic E-state index is -0.243. The molecule has 0 spiro atoms. The molecule has 1 heterocycles. The number of hydrogen-bond donors (Lipinski definition) is 2. The first-order chi connectivity index (χ1) is 14.1. The number of aryl methyl sites for hydroxylation is 1. The molecule has 2 N–H and O–H groups in total. The van der Waals surface area contributed by atoms with Crippen molar-refractivity contribution in [1.29, 1.82) is 0 Å². The maximum atomic E-state index is 12.9. The summed E-state index contributed by atoms with van der Waals surface area (Å²) in [6.45, 7) is 2.01. The van der Waals surface area contributed by atoms with Gasteiger partial charge in [-0.2, -0.15) is 0 Å². The van der Waals surface area contributed by atoms with Gasteiger partial charge in [-0.25, -0.2) is 4.98 Å². The van der Waals surface area contributed by atoms with Crippen LogP contribution in [0.3, 0.4) is 0 Å². The first-order valence-electron chi connectivity index (χ1n) is 9.18. The second kappa shape index (κ2) is 7.67. The number of nitrogens with one attached hydrogen (secondary N) is 2. The molecule has 0 fully saturated rings. The van der Waals surface area contributed by atoms with Crippen LogP contribution in [0.15, 0.2) is 60.7 Å². The highest BCUT2D eigenvalue weighted by molar-refractivity contribution is 6.06. The van der Waals surface area contributed by atoms with Crippen molar-refractivity contribution in [3.63, 3.8) is 0 Å². The monoisotopic (exact) mass is 387 g/mol. The molecule has 0 bridgehead atoms. The van der Waals surface area contributed by atoms with E-state index in [1.54, 1.807) is 32.4 Å². The van der Waals surface area contributed by atoms with Gasteiger partial charge in [-0.1, -0.05) is 23.8 Å². The molecule has 1 amide bonds. The molecular formula is C23H21N3O3. The molecule has 29 heavy (non-hydrogen) atoms. The lowest BCUT2D eigenvalue weighted by molar-refractivity contribution is 0.102. The highest BCUT2D eigenvalue weighted by Crippen LogP contribution is 2.31. The molecule has 0 atom stereocenters. The number of benzene rings is 3. The number of fused-ring (bicyclic) bond motifs is 1. The van der Waals surface area contributed by atoms with Crippen molar-refractivity contribution in [2.45, 2.75) is 6.92 Å². The number of carbonyl (C=O) groups excluding carboxylic acids is 1. The van der Waals surface area contributed by atoms with Crippen molar-refractivity contribution >= 4 is 22.6 Å². The minimum Gasteiger partial charge on any atom is -0.493 e. The van der Waals surface area contributed by atoms with Crippen LogP contribution in [0, 0.1) is 6.92 Å². The third kappa shape index (κ3) is 3.65. The number of ether oxygens (including phenoxy) is 2. The third-order valence-corrected chi connectivity index (χ3v) is 4.71. The number of rotatable bonds is 5. The lowest BCUT2D eigenvalue weighted by atomic mass is 10.1. The lowest BCUT2D eigenvalue weighted by Crippen LogP contribution is -2.13. The maximum Gasteiger partial charge on any atom is 0.255 e. The van der Waals surface area contributed by atoms with Gasteiger partial charge in [-0.3, -0.25) is 4.79 Å². The van der Waals surface area contributed by atoms with Crippen LogP contribution in [-0.2, 0) is 0 Å². The Bertz CT molecular complexity index is 1160. The van der Waals surface area contributed by atoms with Crippen LogP contribution in [0.1, 0.15) is 15.9 Å². The predicted molar refractivity (Wildman–Crippen MR) is 114 cm³/mol. The zero-order valence-corrected chi connectivity index (χ0v) is 16.4. The SMILES string of the molecule is COc1ccc(C(=O)Nc2ccc(C)cc2-c2nc3ccccc3[nH]2)cc1OC. The first kappa shape index (κ1) is 18.6. The Labute approximate surface area is 168 Å². The fourth-order valence-corrected chi connectivity index (χ4v) is 3.22. The van der Waals surface area contributed by atoms with Crippen molar-refractivity contribution in [3.8, 4) is 22.9 Å². The van der Waals surface area contributed by atoms with Crippen molar-refractivity contribution in [2.75, 3.05) is 19.5 Å². The maximum absolute atomic E-state index is 12.9. The number of methoxy groups -OCH3 is 2. The molecule has 6 heteroatoms. The average molecular weight is 387 g/mol. The van der Waals surface area contributed by atoms with Gasteiger partial charge >= 0.3 is 0 Å². The molecule has 146 valence electrons. The quantitative estimate of drug-likeness (QED) is 0.515. The summed E-state index contributed by atoms with van der Waals surface area (Å²) in [6, 6.07) is 18.7. The minimum absolute atomic E-state index is 0.243. The topological polar surface area (TPSA) is 76.2 Å². The number of imidazole rings is 1. The molecule has 0 aliphatic rings. The van der Waals surface area contributed by atoms with Gasteiger partial charge in [0.2, 0.25) is 0 Å². The van der Waals surface area contributed by atoms with E-state index in [0.717, 1.165) is 22.2 Å². The summed E-state index contributed by atoms with van der Waals surface area (Å²) in [6.07, 6.45) is 0. The number of amides is 1. The first-order valence-corrected chi connectivity index (χ1v) is 9.18. The third-order valence-electron chi connectivity index (χ3n) is 4.71. The van der Waals surface area contributed by atoms with E-state index in [4.69, 9.17) is 9.47 Å². The van der Waals surface area contributed by atoms with Gasteiger partial charge in [0.05, 0.1) is 30.9 Å². The van der Waals surface area contributed by atoms with E-state index in [1.807, 2.05) is 49.4 Å². The van der Waals surface area contributed by atoms with Crippen molar-refractivity contribution in [2.24, 2.45) is 0 Å². The summed E-state index contributed by atoms with van der Waals surface area (Å²) in [4.78, 5) is 20.9. The fraction of sp³-hybridized carbons (Fsp3) is 0.130. The van der Waals surface area contributed by atoms with Gasteiger partial charge in [0.25, 0.3) is 5.91 Å². The van der Waals surface area contributed by atoms with Gasteiger partial charge in [0, 0.05) is 11.1 Å². The number of aromatic nitrogens is 2. The number of aromatic amines is 1. The van der Waals surface area contributed by atoms with Crippen LogP contribution < -0.4 is 14.8 Å². The molecule has 0 saturated heterocycles. The normalized spacial score (nSPS) is 10.7. The summed E-state index contributed by atoms with van der Waals surface area (Å²) in [7, 11) is 3.10. The summed E-state index contributed by atoms with van der Waals surface area (Å²) in [5, 5.41) is 2.99. The number of anilines is 1. The van der Waals surface area contributed by atoms with Crippen molar-refractivity contribution in [1.82, 2.24) is 9.97 Å². The van der Waals surface area contributed by atoms with E-state index in [2.05, 4.69) is 15.3 Å². The Morgan fingerprint density at radius 3 is 2.52 bits per heavy atom. The van der Waals surface area contributed by atoms with Gasteiger partial charge in [0.1, 0.15) is 5.82 Å². The lowest BCUT2D eigenvalue weighted by Gasteiger charge is -2.12. The predicted octanol–water partition coefficient (Wildman–Crippen LogP) is 4.81. The number of H-pyrrole nitrogens is 1. The molecule has 1 aromatic heterocycles. The van der Waals surface area contributed by atoms with Crippen LogP contribution in [0.5, 0.6) is 11.5 Å². The molecule has 0 aliphatic carbocycles. The highest BCUT2D eigenvalue weighted by atomic mass is 16.5. The number of nitrogens with zero attached hydrogens (tertiary/aromatic N) is 1. The van der Waals surface area contributed by atoms with Crippen LogP contribution in [0.4, 0.5) is 5.69 Å². The molecule has 6 nitrogen and oxygen atoms in total. The molecule has 0 saturated carbocycles. The Kier molecular flexibility index (Phi) is 4.91. The molecule has 0 radical (unpaired) electrons. The number of hydrogen-bond acceptors (Lipinski definition) is 4. The second-order valence-electron chi connectivity index (χ2n) is 6.68. The largest absolute Gasteiger partial charge is 0.493 e. The Morgan fingerprint density at radius 1 is 0.966 bits per heavy atom. The van der Waals surface area contributed by atoms with E-state index in [1.165, 1.54) is 0 Å². The molecule has 3 aromatic carbocycles. The van der Waals surface area contributed by atoms with Crippen molar-refractivity contribution < 1.29 is 14.3 Å². The number of carbonyl (C=O) groups is 1. The Hall–Kier alpha value is -3.80. The van der Waals surface area contributed by atoms with E-state index < -0.39 is 0 Å². The molecule has 0 aliphatic heterocycles. The van der Waals surface area contributed by atoms with E-state index in [0.29, 0.717) is 28.6 Å². The number of para-hydroxylation sites is 2. The van der Waals surface area contributed by atoms with Crippen LogP contribution >= 0.6 is 0 Å². The fourth-order valence-electron chi connectivity index (χ4n) is 3.22. The molecular weight excluding hydrogens is 366 g/mol. The Morgan fingerprint density at radius 2 is 1.76 bits per heavy atom. The summed E-state index contributed by atoms with van der Waals surface area (Å²) in [5.41, 5.74) is 4.87. The molecule has 0 unspecified atom stereocenters. The van der Waals surface area contributed by atoms with E-state index >= 15 is 0 Å². The van der Waals surface area contributed by atoms with Gasteiger partial charge in [0.15, 0.2) is 11.5 Å². The second-order valence-corrected chi connectivity index (χ2v) is 6.68. The van der Waals surface area contributed by atoms with E-state index in [9.17, 15) is 4.79 Å². The standard InChI is InChI=1S/C23H21N3O3/c1-14-8-10-17(16(12-14)22-24-18-6-4-5-7-19(18)25-22)26-23(27)15-9-11-20(28-2)21(13-15)29-3/h4-13H,1-3H3,(H,24,25)(H,26,27).